The first-order chi connectivity index (χ1) is 15.6. The van der Waals surface area contributed by atoms with Crippen LogP contribution in [0.5, 0.6) is 0 Å². The molecule has 0 saturated heterocycles. The van der Waals surface area contributed by atoms with E-state index >= 15 is 0 Å². The Hall–Kier alpha value is -4.00. The molecule has 1 aliphatic carbocycles. The van der Waals surface area contributed by atoms with Crippen molar-refractivity contribution in [1.82, 2.24) is 4.57 Å². The molecule has 33 heavy (non-hydrogen) atoms. The third-order valence-electron chi connectivity index (χ3n) is 5.89. The highest BCUT2D eigenvalue weighted by Crippen LogP contribution is 2.36. The molecule has 1 aromatic heterocycles. The second-order valence-corrected chi connectivity index (χ2v) is 9.21. The average Bonchev–Trinajstić information content (AvgIpc) is 2.73. The second-order valence-electron chi connectivity index (χ2n) is 9.21. The number of Topliss-reactive ketones (excluding diaryl/α,β-unsaturated/α-hetero) is 1. The van der Waals surface area contributed by atoms with E-state index < -0.39 is 22.8 Å². The summed E-state index contributed by atoms with van der Waals surface area (Å²) in [5, 5.41) is 2.66. The van der Waals surface area contributed by atoms with Crippen molar-refractivity contribution in [1.29, 1.82) is 0 Å². The van der Waals surface area contributed by atoms with Crippen LogP contribution in [0.2, 0.25) is 0 Å². The highest BCUT2D eigenvalue weighted by molar-refractivity contribution is 6.11. The molecule has 2 amide bonds. The molecule has 0 radical (unpaired) electrons. The first kappa shape index (κ1) is 22.2. The fourth-order valence-electron chi connectivity index (χ4n) is 4.27. The first-order valence-corrected chi connectivity index (χ1v) is 10.7. The van der Waals surface area contributed by atoms with E-state index in [0.717, 1.165) is 5.56 Å². The Balaban J connectivity index is 1.92. The van der Waals surface area contributed by atoms with Crippen molar-refractivity contribution < 1.29 is 14.4 Å². The first-order valence-electron chi connectivity index (χ1n) is 10.7. The zero-order valence-electron chi connectivity index (χ0n) is 18.8. The van der Waals surface area contributed by atoms with Crippen LogP contribution in [0.1, 0.15) is 62.5 Å². The molecule has 0 aliphatic heterocycles. The van der Waals surface area contributed by atoms with Crippen molar-refractivity contribution in [2.45, 2.75) is 33.6 Å². The molecule has 0 spiro atoms. The van der Waals surface area contributed by atoms with E-state index in [1.165, 1.54) is 16.8 Å². The van der Waals surface area contributed by atoms with Crippen LogP contribution in [0.4, 0.5) is 5.69 Å². The number of para-hydroxylation sites is 1. The summed E-state index contributed by atoms with van der Waals surface area (Å²) in [6, 6.07) is 13.6. The summed E-state index contributed by atoms with van der Waals surface area (Å²) in [5.41, 5.74) is 7.10. The summed E-state index contributed by atoms with van der Waals surface area (Å²) in [5.74, 6) is -1.50. The van der Waals surface area contributed by atoms with Gasteiger partial charge < -0.3 is 11.1 Å². The van der Waals surface area contributed by atoms with Gasteiger partial charge in [0.1, 0.15) is 5.56 Å². The van der Waals surface area contributed by atoms with Gasteiger partial charge in [0.2, 0.25) is 0 Å². The van der Waals surface area contributed by atoms with Crippen LogP contribution in [0.25, 0.3) is 5.69 Å². The number of aromatic nitrogens is 1. The number of primary amides is 1. The van der Waals surface area contributed by atoms with Gasteiger partial charge in [0.05, 0.1) is 11.3 Å². The van der Waals surface area contributed by atoms with Crippen LogP contribution >= 0.6 is 0 Å². The average molecular weight is 444 g/mol. The number of rotatable bonds is 4. The molecule has 1 heterocycles. The van der Waals surface area contributed by atoms with Gasteiger partial charge in [-0.1, -0.05) is 43.7 Å². The van der Waals surface area contributed by atoms with Gasteiger partial charge in [-0.3, -0.25) is 23.7 Å². The number of carbonyl (C=O) groups excluding carboxylic acids is 3. The van der Waals surface area contributed by atoms with E-state index in [1.54, 1.807) is 30.3 Å². The number of aryl methyl sites for hydroxylation is 1. The summed E-state index contributed by atoms with van der Waals surface area (Å²) in [6.07, 6.45) is 2.25. The number of nitrogens with two attached hydrogens (primary N) is 1. The fraction of sp³-hybridized carbons (Fsp3) is 0.231. The maximum Gasteiger partial charge on any atom is 0.268 e. The number of anilines is 1. The summed E-state index contributed by atoms with van der Waals surface area (Å²) in [4.78, 5) is 51.9. The van der Waals surface area contributed by atoms with E-state index in [4.69, 9.17) is 5.73 Å². The molecule has 168 valence electrons. The largest absolute Gasteiger partial charge is 0.366 e. The minimum atomic E-state index is -0.700. The molecule has 3 N–H and O–H groups in total. The van der Waals surface area contributed by atoms with E-state index in [1.807, 2.05) is 32.9 Å². The number of ketones is 1. The molecule has 0 saturated carbocycles. The Morgan fingerprint density at radius 1 is 1.00 bits per heavy atom. The Labute approximate surface area is 191 Å². The minimum Gasteiger partial charge on any atom is -0.366 e. The van der Waals surface area contributed by atoms with Gasteiger partial charge in [-0.05, 0) is 48.6 Å². The van der Waals surface area contributed by atoms with Gasteiger partial charge in [-0.15, -0.1) is 0 Å². The van der Waals surface area contributed by atoms with Crippen molar-refractivity contribution in [3.63, 3.8) is 0 Å². The van der Waals surface area contributed by atoms with Gasteiger partial charge >= 0.3 is 0 Å². The van der Waals surface area contributed by atoms with Gasteiger partial charge in [-0.2, -0.15) is 0 Å². The number of fused-ring (bicyclic) bond motifs is 1. The van der Waals surface area contributed by atoms with Gasteiger partial charge in [0, 0.05) is 23.9 Å². The van der Waals surface area contributed by atoms with E-state index in [2.05, 4.69) is 5.32 Å². The normalized spacial score (nSPS) is 14.5. The summed E-state index contributed by atoms with van der Waals surface area (Å²) in [7, 11) is 0. The van der Waals surface area contributed by atoms with Crippen LogP contribution in [0, 0.1) is 12.3 Å². The highest BCUT2D eigenvalue weighted by Gasteiger charge is 2.36. The van der Waals surface area contributed by atoms with E-state index in [-0.39, 0.29) is 22.6 Å². The van der Waals surface area contributed by atoms with Crippen molar-refractivity contribution in [3.8, 4) is 5.69 Å². The molecule has 7 nitrogen and oxygen atoms in total. The Morgan fingerprint density at radius 3 is 2.33 bits per heavy atom. The molecular weight excluding hydrogens is 418 g/mol. The number of hydrogen-bond donors (Lipinski definition) is 2. The number of pyridine rings is 1. The highest BCUT2D eigenvalue weighted by atomic mass is 16.2. The van der Waals surface area contributed by atoms with Gasteiger partial charge in [-0.25, -0.2) is 0 Å². The monoisotopic (exact) mass is 443 g/mol. The third-order valence-corrected chi connectivity index (χ3v) is 5.89. The van der Waals surface area contributed by atoms with Crippen molar-refractivity contribution in [2.24, 2.45) is 11.1 Å². The lowest BCUT2D eigenvalue weighted by atomic mass is 9.73. The van der Waals surface area contributed by atoms with Gasteiger partial charge in [0.25, 0.3) is 17.4 Å². The predicted octanol–water partition coefficient (Wildman–Crippen LogP) is 3.65. The molecule has 0 unspecified atom stereocenters. The predicted molar refractivity (Wildman–Crippen MR) is 126 cm³/mol. The topological polar surface area (TPSA) is 111 Å². The molecule has 1 aliphatic rings. The number of nitrogens with zero attached hydrogens (tertiary/aromatic N) is 1. The Kier molecular flexibility index (Phi) is 5.49. The molecule has 7 heteroatoms. The molecule has 4 rings (SSSR count). The lowest BCUT2D eigenvalue weighted by molar-refractivity contribution is 0.0909. The lowest BCUT2D eigenvalue weighted by Crippen LogP contribution is -2.37. The molecule has 2 aromatic carbocycles. The Bertz CT molecular complexity index is 1350. The summed E-state index contributed by atoms with van der Waals surface area (Å²) in [6.45, 7) is 5.80. The SMILES string of the molecule is Cc1ccc(-n2cc3c(c(C(=O)Nc4ccccc4C(N)=O)c2=O)CC(C)(C)CC3=O)cc1. The third kappa shape index (κ3) is 4.22. The van der Waals surface area contributed by atoms with Crippen molar-refractivity contribution in [2.75, 3.05) is 5.32 Å². The van der Waals surface area contributed by atoms with Crippen molar-refractivity contribution in [3.05, 3.63) is 92.9 Å². The molecule has 3 aromatic rings. The van der Waals surface area contributed by atoms with Crippen LogP contribution in [0.3, 0.4) is 0 Å². The van der Waals surface area contributed by atoms with Crippen LogP contribution in [0.15, 0.2) is 59.5 Å². The fourth-order valence-corrected chi connectivity index (χ4v) is 4.27. The molecule has 0 atom stereocenters. The second kappa shape index (κ2) is 8.16. The van der Waals surface area contributed by atoms with Gasteiger partial charge in [0.15, 0.2) is 5.78 Å². The summed E-state index contributed by atoms with van der Waals surface area (Å²) >= 11 is 0. The number of carbonyl (C=O) groups is 3. The lowest BCUT2D eigenvalue weighted by Gasteiger charge is -2.31. The maximum atomic E-state index is 13.6. The number of hydrogen-bond acceptors (Lipinski definition) is 4. The molecular formula is C26H25N3O4. The number of amides is 2. The summed E-state index contributed by atoms with van der Waals surface area (Å²) < 4.78 is 1.34. The van der Waals surface area contributed by atoms with Crippen LogP contribution in [-0.4, -0.2) is 22.2 Å². The van der Waals surface area contributed by atoms with Crippen LogP contribution < -0.4 is 16.6 Å². The van der Waals surface area contributed by atoms with Crippen molar-refractivity contribution >= 4 is 23.3 Å². The molecule has 0 bridgehead atoms. The quantitative estimate of drug-likeness (QED) is 0.641. The number of benzene rings is 2. The minimum absolute atomic E-state index is 0.103. The maximum absolute atomic E-state index is 13.6. The Morgan fingerprint density at radius 2 is 1.67 bits per heavy atom. The number of nitrogens with one attached hydrogen (secondary N) is 1. The van der Waals surface area contributed by atoms with E-state index in [9.17, 15) is 19.2 Å². The van der Waals surface area contributed by atoms with Crippen LogP contribution in [-0.2, 0) is 6.42 Å². The standard InChI is InChI=1S/C26H25N3O4/c1-15-8-10-16(11-9-15)29-14-19-18(12-26(2,3)13-21(19)30)22(25(29)33)24(32)28-20-7-5-4-6-17(20)23(27)31/h4-11,14H,12-13H2,1-3H3,(H2,27,31)(H,28,32). The smallest absolute Gasteiger partial charge is 0.268 e. The zero-order chi connectivity index (χ0) is 23.9. The van der Waals surface area contributed by atoms with E-state index in [0.29, 0.717) is 29.7 Å². The molecule has 0 fully saturated rings. The zero-order valence-corrected chi connectivity index (χ0v) is 18.8.